The number of carbonyl (C=O) groups is 3. The van der Waals surface area contributed by atoms with Gasteiger partial charge >= 0.3 is 5.97 Å². The highest BCUT2D eigenvalue weighted by Crippen LogP contribution is 2.42. The van der Waals surface area contributed by atoms with Gasteiger partial charge in [0.25, 0.3) is 11.7 Å². The number of halogens is 1. The number of rotatable bonds is 8. The number of nitrogens with zero attached hydrogens (tertiary/aromatic N) is 2. The summed E-state index contributed by atoms with van der Waals surface area (Å²) in [5, 5.41) is 11.6. The highest BCUT2D eigenvalue weighted by atomic mass is 35.5. The van der Waals surface area contributed by atoms with Crippen molar-refractivity contribution < 1.29 is 29.0 Å². The van der Waals surface area contributed by atoms with Crippen LogP contribution in [-0.4, -0.2) is 41.0 Å². The van der Waals surface area contributed by atoms with Crippen LogP contribution in [0.5, 0.6) is 5.75 Å². The van der Waals surface area contributed by atoms with Crippen molar-refractivity contribution in [3.8, 4) is 5.75 Å². The molecule has 0 radical (unpaired) electrons. The summed E-state index contributed by atoms with van der Waals surface area (Å²) in [4.78, 5) is 44.1. The Morgan fingerprint density at radius 2 is 1.81 bits per heavy atom. The van der Waals surface area contributed by atoms with Crippen LogP contribution in [0.2, 0.25) is 5.02 Å². The van der Waals surface area contributed by atoms with E-state index in [-0.39, 0.29) is 35.9 Å². The molecule has 1 aromatic heterocycles. The van der Waals surface area contributed by atoms with Gasteiger partial charge in [-0.05, 0) is 61.9 Å². The Bertz CT molecular complexity index is 1350. The van der Waals surface area contributed by atoms with Crippen LogP contribution in [0.25, 0.3) is 5.76 Å². The molecule has 1 N–H and O–H groups in total. The number of ether oxygens (including phenoxy) is 2. The molecule has 1 atom stereocenters. The molecule has 1 saturated heterocycles. The second-order valence-electron chi connectivity index (χ2n) is 8.15. The van der Waals surface area contributed by atoms with Crippen molar-refractivity contribution in [3.63, 3.8) is 0 Å². The fourth-order valence-corrected chi connectivity index (χ4v) is 4.31. The SMILES string of the molecule is CCOC(=O)Cc1ccc(N2C(=O)C(=O)/C(=C(\O)c3ccc(Cl)c(OCC)c3)C2c2ccccn2)cc1. The van der Waals surface area contributed by atoms with Gasteiger partial charge in [-0.25, -0.2) is 0 Å². The van der Waals surface area contributed by atoms with E-state index in [4.69, 9.17) is 21.1 Å². The summed E-state index contributed by atoms with van der Waals surface area (Å²) >= 11 is 6.19. The van der Waals surface area contributed by atoms with Crippen LogP contribution in [0.1, 0.15) is 36.7 Å². The van der Waals surface area contributed by atoms with Crippen molar-refractivity contribution >= 4 is 40.7 Å². The molecule has 8 nitrogen and oxygen atoms in total. The lowest BCUT2D eigenvalue weighted by Gasteiger charge is -2.24. The highest BCUT2D eigenvalue weighted by Gasteiger charge is 2.47. The van der Waals surface area contributed by atoms with E-state index >= 15 is 0 Å². The third kappa shape index (κ3) is 5.34. The summed E-state index contributed by atoms with van der Waals surface area (Å²) in [5.74, 6) is -2.05. The topological polar surface area (TPSA) is 106 Å². The lowest BCUT2D eigenvalue weighted by molar-refractivity contribution is -0.142. The summed E-state index contributed by atoms with van der Waals surface area (Å²) in [5.41, 5.74) is 1.67. The Labute approximate surface area is 219 Å². The molecule has 0 aliphatic carbocycles. The van der Waals surface area contributed by atoms with Gasteiger partial charge in [-0.2, -0.15) is 0 Å². The number of aromatic nitrogens is 1. The first-order valence-corrected chi connectivity index (χ1v) is 12.1. The normalized spacial score (nSPS) is 16.6. The molecule has 190 valence electrons. The Kier molecular flexibility index (Phi) is 7.89. The molecule has 2 aromatic carbocycles. The first-order chi connectivity index (χ1) is 17.8. The van der Waals surface area contributed by atoms with Crippen molar-refractivity contribution in [1.29, 1.82) is 0 Å². The van der Waals surface area contributed by atoms with Crippen LogP contribution in [0.4, 0.5) is 5.69 Å². The Morgan fingerprint density at radius 3 is 2.46 bits per heavy atom. The minimum atomic E-state index is -0.983. The fourth-order valence-electron chi connectivity index (χ4n) is 4.14. The summed E-state index contributed by atoms with van der Waals surface area (Å²) in [6.07, 6.45) is 1.63. The molecule has 9 heteroatoms. The number of ketones is 1. The van der Waals surface area contributed by atoms with Gasteiger partial charge in [0, 0.05) is 17.4 Å². The molecular weight excluding hydrogens is 496 g/mol. The molecular formula is C28H25ClN2O6. The average Bonchev–Trinajstić information content (AvgIpc) is 3.16. The average molecular weight is 521 g/mol. The van der Waals surface area contributed by atoms with Crippen LogP contribution in [0.3, 0.4) is 0 Å². The molecule has 2 heterocycles. The zero-order valence-corrected chi connectivity index (χ0v) is 21.1. The molecule has 0 spiro atoms. The monoisotopic (exact) mass is 520 g/mol. The Balaban J connectivity index is 1.80. The molecule has 1 amide bonds. The van der Waals surface area contributed by atoms with Crippen LogP contribution in [0, 0.1) is 0 Å². The van der Waals surface area contributed by atoms with Crippen LogP contribution in [-0.2, 0) is 25.5 Å². The predicted molar refractivity (Wildman–Crippen MR) is 138 cm³/mol. The number of aliphatic hydroxyl groups is 1. The molecule has 0 saturated carbocycles. The zero-order chi connectivity index (χ0) is 26.5. The summed E-state index contributed by atoms with van der Waals surface area (Å²) in [6, 6.07) is 15.4. The number of amides is 1. The number of aliphatic hydroxyl groups excluding tert-OH is 1. The maximum absolute atomic E-state index is 13.3. The van der Waals surface area contributed by atoms with Gasteiger partial charge in [-0.1, -0.05) is 29.8 Å². The van der Waals surface area contributed by atoms with Gasteiger partial charge in [-0.15, -0.1) is 0 Å². The minimum absolute atomic E-state index is 0.0787. The second kappa shape index (κ2) is 11.3. The molecule has 37 heavy (non-hydrogen) atoms. The van der Waals surface area contributed by atoms with Crippen molar-refractivity contribution in [2.45, 2.75) is 26.3 Å². The van der Waals surface area contributed by atoms with Gasteiger partial charge in [0.2, 0.25) is 0 Å². The van der Waals surface area contributed by atoms with E-state index in [1.807, 2.05) is 0 Å². The van der Waals surface area contributed by atoms with Crippen molar-refractivity contribution in [1.82, 2.24) is 4.98 Å². The van der Waals surface area contributed by atoms with Gasteiger partial charge in [0.05, 0.1) is 35.9 Å². The molecule has 1 aliphatic heterocycles. The molecule has 4 rings (SSSR count). The van der Waals surface area contributed by atoms with Crippen LogP contribution >= 0.6 is 11.6 Å². The highest BCUT2D eigenvalue weighted by molar-refractivity contribution is 6.51. The van der Waals surface area contributed by atoms with Gasteiger partial charge in [-0.3, -0.25) is 24.3 Å². The molecule has 1 aliphatic rings. The van der Waals surface area contributed by atoms with E-state index in [1.54, 1.807) is 74.6 Å². The van der Waals surface area contributed by atoms with E-state index in [0.717, 1.165) is 0 Å². The number of hydrogen-bond donors (Lipinski definition) is 1. The maximum atomic E-state index is 13.3. The van der Waals surface area contributed by atoms with Gasteiger partial charge in [0.1, 0.15) is 17.6 Å². The van der Waals surface area contributed by atoms with E-state index in [9.17, 15) is 19.5 Å². The number of carbonyl (C=O) groups excluding carboxylic acids is 3. The first kappa shape index (κ1) is 25.9. The van der Waals surface area contributed by atoms with Gasteiger partial charge < -0.3 is 14.6 Å². The van der Waals surface area contributed by atoms with Crippen molar-refractivity contribution in [2.24, 2.45) is 0 Å². The Morgan fingerprint density at radius 1 is 1.05 bits per heavy atom. The van der Waals surface area contributed by atoms with E-state index in [1.165, 1.54) is 11.0 Å². The van der Waals surface area contributed by atoms with E-state index in [2.05, 4.69) is 4.98 Å². The summed E-state index contributed by atoms with van der Waals surface area (Å²) < 4.78 is 10.5. The smallest absolute Gasteiger partial charge is 0.310 e. The fraction of sp³-hybridized carbons (Fsp3) is 0.214. The molecule has 3 aromatic rings. The standard InChI is InChI=1S/C28H25ClN2O6/c1-3-36-22-16-18(10-13-20(22)29)26(33)24-25(21-7-5-6-14-30-21)31(28(35)27(24)34)19-11-8-17(9-12-19)15-23(32)37-4-2/h5-14,16,25,33H,3-4,15H2,1-2H3/b26-24-. The second-order valence-corrected chi connectivity index (χ2v) is 8.56. The molecule has 1 unspecified atom stereocenters. The van der Waals surface area contributed by atoms with E-state index in [0.29, 0.717) is 34.3 Å². The van der Waals surface area contributed by atoms with Crippen LogP contribution < -0.4 is 9.64 Å². The number of hydrogen-bond acceptors (Lipinski definition) is 7. The van der Waals surface area contributed by atoms with Gasteiger partial charge in [0.15, 0.2) is 0 Å². The number of pyridine rings is 1. The number of esters is 1. The minimum Gasteiger partial charge on any atom is -0.507 e. The molecule has 1 fully saturated rings. The number of Topliss-reactive ketones (excluding diaryl/α,β-unsaturated/α-hetero) is 1. The van der Waals surface area contributed by atoms with Crippen LogP contribution in [0.15, 0.2) is 72.4 Å². The summed E-state index contributed by atoms with van der Waals surface area (Å²) in [6.45, 7) is 4.17. The number of anilines is 1. The predicted octanol–water partition coefficient (Wildman–Crippen LogP) is 4.87. The lowest BCUT2D eigenvalue weighted by Crippen LogP contribution is -2.29. The zero-order valence-electron chi connectivity index (χ0n) is 20.3. The van der Waals surface area contributed by atoms with Crippen molar-refractivity contribution in [2.75, 3.05) is 18.1 Å². The maximum Gasteiger partial charge on any atom is 0.310 e. The quantitative estimate of drug-likeness (QED) is 0.195. The largest absolute Gasteiger partial charge is 0.507 e. The Hall–Kier alpha value is -4.17. The van der Waals surface area contributed by atoms with Crippen molar-refractivity contribution in [3.05, 3.63) is 94.3 Å². The molecule has 0 bridgehead atoms. The van der Waals surface area contributed by atoms with E-state index < -0.39 is 17.7 Å². The summed E-state index contributed by atoms with van der Waals surface area (Å²) in [7, 11) is 0. The lowest BCUT2D eigenvalue weighted by atomic mass is 9.98. The number of benzene rings is 2. The third-order valence-corrected chi connectivity index (χ3v) is 6.10. The first-order valence-electron chi connectivity index (χ1n) is 11.7. The third-order valence-electron chi connectivity index (χ3n) is 5.79.